The summed E-state index contributed by atoms with van der Waals surface area (Å²) in [6, 6.07) is 7.83. The van der Waals surface area contributed by atoms with Gasteiger partial charge in [0.15, 0.2) is 0 Å². The Bertz CT molecular complexity index is 553. The fraction of sp³-hybridized carbons (Fsp3) is 0.400. The summed E-state index contributed by atoms with van der Waals surface area (Å²) in [7, 11) is 1.90. The Morgan fingerprint density at radius 3 is 2.60 bits per heavy atom. The smallest absolute Gasteiger partial charge is 0.102 e. The van der Waals surface area contributed by atoms with E-state index in [1.165, 1.54) is 0 Å². The van der Waals surface area contributed by atoms with Crippen LogP contribution in [0.1, 0.15) is 24.5 Å². The summed E-state index contributed by atoms with van der Waals surface area (Å²) in [4.78, 5) is 0. The largest absolute Gasteiger partial charge is 0.384 e. The second-order valence-corrected chi connectivity index (χ2v) is 5.93. The van der Waals surface area contributed by atoms with Crippen molar-refractivity contribution in [2.75, 3.05) is 6.54 Å². The van der Waals surface area contributed by atoms with Crippen LogP contribution in [0.25, 0.3) is 0 Å². The van der Waals surface area contributed by atoms with Gasteiger partial charge in [-0.15, -0.1) is 0 Å². The number of nitrogens with one attached hydrogen (secondary N) is 1. The van der Waals surface area contributed by atoms with E-state index in [0.717, 1.165) is 15.6 Å². The van der Waals surface area contributed by atoms with Gasteiger partial charge in [-0.1, -0.05) is 35.0 Å². The van der Waals surface area contributed by atoms with E-state index >= 15 is 0 Å². The lowest BCUT2D eigenvalue weighted by molar-refractivity contribution is 0.0323. The molecule has 0 aliphatic heterocycles. The minimum atomic E-state index is -0.844. The maximum atomic E-state index is 10.8. The van der Waals surface area contributed by atoms with Gasteiger partial charge < -0.3 is 10.4 Å². The highest BCUT2D eigenvalue weighted by Crippen LogP contribution is 2.25. The minimum Gasteiger partial charge on any atom is -0.384 e. The minimum absolute atomic E-state index is 0.514. The third-order valence-corrected chi connectivity index (χ3v) is 4.00. The molecule has 0 saturated carbocycles. The molecule has 2 aromatic rings. The van der Waals surface area contributed by atoms with E-state index < -0.39 is 5.60 Å². The fourth-order valence-electron chi connectivity index (χ4n) is 2.17. The Kier molecular flexibility index (Phi) is 4.96. The van der Waals surface area contributed by atoms with Crippen LogP contribution in [0.15, 0.2) is 41.1 Å². The molecule has 0 saturated heterocycles. The summed E-state index contributed by atoms with van der Waals surface area (Å²) in [5.74, 6) is 0. The highest BCUT2D eigenvalue weighted by Gasteiger charge is 2.26. The Labute approximate surface area is 127 Å². The molecule has 0 unspecified atom stereocenters. The van der Waals surface area contributed by atoms with Crippen LogP contribution >= 0.6 is 15.9 Å². The van der Waals surface area contributed by atoms with Gasteiger partial charge in [0.2, 0.25) is 0 Å². The molecule has 0 bridgehead atoms. The lowest BCUT2D eigenvalue weighted by atomic mass is 9.91. The SMILES string of the molecule is CC[C@](O)(CNCc1cnn(C)c1)c1ccc(Br)cc1. The molecule has 2 N–H and O–H groups in total. The monoisotopic (exact) mass is 337 g/mol. The average Bonchev–Trinajstić information content (AvgIpc) is 2.85. The van der Waals surface area contributed by atoms with E-state index in [2.05, 4.69) is 26.3 Å². The maximum Gasteiger partial charge on any atom is 0.102 e. The summed E-state index contributed by atoms with van der Waals surface area (Å²) < 4.78 is 2.79. The van der Waals surface area contributed by atoms with Crippen LogP contribution in [0, 0.1) is 0 Å². The number of halogens is 1. The quantitative estimate of drug-likeness (QED) is 0.851. The Morgan fingerprint density at radius 2 is 2.05 bits per heavy atom. The van der Waals surface area contributed by atoms with Gasteiger partial charge in [-0.05, 0) is 24.1 Å². The third kappa shape index (κ3) is 3.69. The zero-order valence-electron chi connectivity index (χ0n) is 11.8. The number of hydrogen-bond acceptors (Lipinski definition) is 3. The first-order valence-corrected chi connectivity index (χ1v) is 7.49. The number of hydrogen-bond donors (Lipinski definition) is 2. The normalized spacial score (nSPS) is 14.2. The van der Waals surface area contributed by atoms with E-state index in [0.29, 0.717) is 19.5 Å². The molecule has 20 heavy (non-hydrogen) atoms. The Hall–Kier alpha value is -1.17. The van der Waals surface area contributed by atoms with Gasteiger partial charge in [0, 0.05) is 36.4 Å². The average molecular weight is 338 g/mol. The molecule has 0 fully saturated rings. The number of nitrogens with zero attached hydrogens (tertiary/aromatic N) is 2. The summed E-state index contributed by atoms with van der Waals surface area (Å²) in [5.41, 5.74) is 1.20. The lowest BCUT2D eigenvalue weighted by Crippen LogP contribution is -2.37. The van der Waals surface area contributed by atoms with Crippen LogP contribution in [-0.2, 0) is 19.2 Å². The van der Waals surface area contributed by atoms with Gasteiger partial charge in [-0.2, -0.15) is 5.10 Å². The molecule has 0 amide bonds. The van der Waals surface area contributed by atoms with E-state index in [4.69, 9.17) is 0 Å². The summed E-state index contributed by atoms with van der Waals surface area (Å²) >= 11 is 3.41. The number of rotatable bonds is 6. The molecule has 108 valence electrons. The van der Waals surface area contributed by atoms with Crippen molar-refractivity contribution in [2.24, 2.45) is 7.05 Å². The van der Waals surface area contributed by atoms with Crippen LogP contribution in [0.3, 0.4) is 0 Å². The molecule has 1 aromatic heterocycles. The van der Waals surface area contributed by atoms with Gasteiger partial charge in [0.05, 0.1) is 6.20 Å². The van der Waals surface area contributed by atoms with Crippen molar-refractivity contribution in [3.05, 3.63) is 52.3 Å². The molecule has 5 heteroatoms. The van der Waals surface area contributed by atoms with Gasteiger partial charge in [0.1, 0.15) is 5.60 Å². The fourth-order valence-corrected chi connectivity index (χ4v) is 2.43. The summed E-state index contributed by atoms with van der Waals surface area (Å²) in [6.07, 6.45) is 4.46. The zero-order chi connectivity index (χ0) is 14.6. The number of aromatic nitrogens is 2. The predicted molar refractivity (Wildman–Crippen MR) is 83.2 cm³/mol. The van der Waals surface area contributed by atoms with Crippen molar-refractivity contribution in [1.29, 1.82) is 0 Å². The molecule has 0 spiro atoms. The van der Waals surface area contributed by atoms with Crippen molar-refractivity contribution in [2.45, 2.75) is 25.5 Å². The van der Waals surface area contributed by atoms with Crippen LogP contribution in [0.4, 0.5) is 0 Å². The standard InChI is InChI=1S/C15H20BrN3O/c1-3-15(20,13-4-6-14(16)7-5-13)11-17-8-12-9-18-19(2)10-12/h4-7,9-10,17,20H,3,8,11H2,1-2H3/t15-/m0/s1. The highest BCUT2D eigenvalue weighted by molar-refractivity contribution is 9.10. The van der Waals surface area contributed by atoms with Crippen molar-refractivity contribution >= 4 is 15.9 Å². The molecular weight excluding hydrogens is 318 g/mol. The molecule has 2 rings (SSSR count). The molecule has 1 atom stereocenters. The number of benzene rings is 1. The van der Waals surface area contributed by atoms with E-state index in [-0.39, 0.29) is 0 Å². The first-order valence-electron chi connectivity index (χ1n) is 6.70. The van der Waals surface area contributed by atoms with E-state index in [9.17, 15) is 5.11 Å². The molecular formula is C15H20BrN3O. The van der Waals surface area contributed by atoms with Crippen molar-refractivity contribution in [1.82, 2.24) is 15.1 Å². The molecule has 4 nitrogen and oxygen atoms in total. The lowest BCUT2D eigenvalue weighted by Gasteiger charge is -2.28. The highest BCUT2D eigenvalue weighted by atomic mass is 79.9. The molecule has 1 heterocycles. The summed E-state index contributed by atoms with van der Waals surface area (Å²) in [5, 5.41) is 18.2. The second-order valence-electron chi connectivity index (χ2n) is 5.02. The van der Waals surface area contributed by atoms with Crippen LogP contribution in [-0.4, -0.2) is 21.4 Å². The van der Waals surface area contributed by atoms with Crippen LogP contribution in [0.2, 0.25) is 0 Å². The van der Waals surface area contributed by atoms with Gasteiger partial charge in [0.25, 0.3) is 0 Å². The Morgan fingerprint density at radius 1 is 1.35 bits per heavy atom. The van der Waals surface area contributed by atoms with Gasteiger partial charge in [-0.3, -0.25) is 4.68 Å². The molecule has 0 radical (unpaired) electrons. The zero-order valence-corrected chi connectivity index (χ0v) is 13.4. The maximum absolute atomic E-state index is 10.8. The molecule has 0 aliphatic carbocycles. The topological polar surface area (TPSA) is 50.1 Å². The van der Waals surface area contributed by atoms with Crippen LogP contribution in [0.5, 0.6) is 0 Å². The van der Waals surface area contributed by atoms with Gasteiger partial charge in [-0.25, -0.2) is 0 Å². The third-order valence-electron chi connectivity index (χ3n) is 3.47. The van der Waals surface area contributed by atoms with Crippen molar-refractivity contribution in [3.8, 4) is 0 Å². The number of aryl methyl sites for hydroxylation is 1. The van der Waals surface area contributed by atoms with E-state index in [1.807, 2.05) is 50.6 Å². The molecule has 1 aromatic carbocycles. The number of aliphatic hydroxyl groups is 1. The van der Waals surface area contributed by atoms with Crippen LogP contribution < -0.4 is 5.32 Å². The van der Waals surface area contributed by atoms with Crippen molar-refractivity contribution in [3.63, 3.8) is 0 Å². The van der Waals surface area contributed by atoms with Crippen molar-refractivity contribution < 1.29 is 5.11 Å². The van der Waals surface area contributed by atoms with Gasteiger partial charge >= 0.3 is 0 Å². The predicted octanol–water partition coefficient (Wildman–Crippen LogP) is 2.57. The summed E-state index contributed by atoms with van der Waals surface area (Å²) in [6.45, 7) is 3.21. The second kappa shape index (κ2) is 6.52. The van der Waals surface area contributed by atoms with E-state index in [1.54, 1.807) is 4.68 Å². The Balaban J connectivity index is 1.98. The first kappa shape index (κ1) is 15.2. The first-order chi connectivity index (χ1) is 9.53. The molecule has 0 aliphatic rings.